The van der Waals surface area contributed by atoms with Crippen LogP contribution in [0.5, 0.6) is 11.5 Å². The smallest absolute Gasteiger partial charge is 0.307 e. The fourth-order valence-corrected chi connectivity index (χ4v) is 3.72. The Morgan fingerprint density at radius 2 is 1.75 bits per heavy atom. The zero-order valence-corrected chi connectivity index (χ0v) is 18.6. The number of hydrogen-bond acceptors (Lipinski definition) is 6. The molecule has 8 heteroatoms. The van der Waals surface area contributed by atoms with Gasteiger partial charge in [-0.05, 0) is 41.8 Å². The summed E-state index contributed by atoms with van der Waals surface area (Å²) in [4.78, 5) is 38.4. The average Bonchev–Trinajstić information content (AvgIpc) is 3.24. The number of nitrogens with zero attached hydrogens (tertiary/aromatic N) is 1. The molecular weight excluding hydrogens is 412 g/mol. The fraction of sp³-hybridized carbons (Fsp3) is 0.375. The second-order valence-corrected chi connectivity index (χ2v) is 7.51. The van der Waals surface area contributed by atoms with Crippen molar-refractivity contribution >= 4 is 23.5 Å². The van der Waals surface area contributed by atoms with E-state index in [0.717, 1.165) is 24.2 Å². The minimum absolute atomic E-state index is 0.0201. The first-order valence-corrected chi connectivity index (χ1v) is 10.4. The number of carbonyl (C=O) groups is 3. The lowest BCUT2D eigenvalue weighted by molar-refractivity contribution is -0.141. The van der Waals surface area contributed by atoms with E-state index in [9.17, 15) is 14.4 Å². The predicted octanol–water partition coefficient (Wildman–Crippen LogP) is 2.79. The van der Waals surface area contributed by atoms with E-state index in [1.165, 1.54) is 21.3 Å². The Kier molecular flexibility index (Phi) is 7.70. The van der Waals surface area contributed by atoms with Gasteiger partial charge in [-0.1, -0.05) is 18.2 Å². The molecule has 1 heterocycles. The first kappa shape index (κ1) is 23.1. The van der Waals surface area contributed by atoms with Crippen LogP contribution in [0.4, 0.5) is 5.69 Å². The molecule has 1 N–H and O–H groups in total. The van der Waals surface area contributed by atoms with Gasteiger partial charge in [0.15, 0.2) is 11.5 Å². The molecule has 1 fully saturated rings. The predicted molar refractivity (Wildman–Crippen MR) is 119 cm³/mol. The topological polar surface area (TPSA) is 94.2 Å². The highest BCUT2D eigenvalue weighted by Gasteiger charge is 2.23. The normalized spacial score (nSPS) is 14.1. The number of benzene rings is 2. The maximum absolute atomic E-state index is 12.8. The zero-order chi connectivity index (χ0) is 23.1. The molecule has 0 aliphatic carbocycles. The van der Waals surface area contributed by atoms with Crippen LogP contribution in [0.1, 0.15) is 36.4 Å². The van der Waals surface area contributed by atoms with Crippen LogP contribution in [0.3, 0.4) is 0 Å². The monoisotopic (exact) mass is 440 g/mol. The second kappa shape index (κ2) is 10.7. The molecular formula is C24H28N2O6. The first-order chi connectivity index (χ1) is 15.4. The molecule has 2 amide bonds. The van der Waals surface area contributed by atoms with Crippen LogP contribution in [0.25, 0.3) is 0 Å². The van der Waals surface area contributed by atoms with Gasteiger partial charge in [0.05, 0.1) is 40.2 Å². The average molecular weight is 440 g/mol. The Bertz CT molecular complexity index is 973. The van der Waals surface area contributed by atoms with Crippen molar-refractivity contribution in [1.29, 1.82) is 0 Å². The van der Waals surface area contributed by atoms with Gasteiger partial charge in [-0.15, -0.1) is 0 Å². The molecule has 0 bridgehead atoms. The van der Waals surface area contributed by atoms with Crippen LogP contribution in [0.2, 0.25) is 0 Å². The molecule has 2 aromatic rings. The van der Waals surface area contributed by atoms with E-state index in [1.807, 2.05) is 24.3 Å². The van der Waals surface area contributed by atoms with Crippen molar-refractivity contribution in [3.05, 3.63) is 53.6 Å². The van der Waals surface area contributed by atoms with Crippen LogP contribution in [-0.2, 0) is 25.5 Å². The van der Waals surface area contributed by atoms with Crippen LogP contribution in [0.15, 0.2) is 42.5 Å². The quantitative estimate of drug-likeness (QED) is 0.603. The Morgan fingerprint density at radius 3 is 2.34 bits per heavy atom. The minimum Gasteiger partial charge on any atom is -0.493 e. The lowest BCUT2D eigenvalue weighted by Crippen LogP contribution is -2.31. The zero-order valence-electron chi connectivity index (χ0n) is 18.6. The van der Waals surface area contributed by atoms with Crippen molar-refractivity contribution in [3.63, 3.8) is 0 Å². The van der Waals surface area contributed by atoms with Crippen LogP contribution >= 0.6 is 0 Å². The Morgan fingerprint density at radius 1 is 1.03 bits per heavy atom. The molecule has 3 rings (SSSR count). The summed E-state index contributed by atoms with van der Waals surface area (Å²) in [6, 6.07) is 12.0. The molecule has 1 aliphatic heterocycles. The fourth-order valence-electron chi connectivity index (χ4n) is 3.72. The summed E-state index contributed by atoms with van der Waals surface area (Å²) in [5.74, 6) is 0.497. The van der Waals surface area contributed by atoms with Gasteiger partial charge in [-0.2, -0.15) is 0 Å². The number of esters is 1. The van der Waals surface area contributed by atoms with E-state index < -0.39 is 12.0 Å². The summed E-state index contributed by atoms with van der Waals surface area (Å²) in [5, 5.41) is 2.91. The molecule has 2 aromatic carbocycles. The maximum atomic E-state index is 12.8. The van der Waals surface area contributed by atoms with Gasteiger partial charge in [0, 0.05) is 18.7 Å². The van der Waals surface area contributed by atoms with E-state index in [1.54, 1.807) is 23.1 Å². The van der Waals surface area contributed by atoms with Gasteiger partial charge in [-0.3, -0.25) is 14.4 Å². The van der Waals surface area contributed by atoms with E-state index in [-0.39, 0.29) is 24.7 Å². The SMILES string of the molecule is COC(=O)CC(NC(=O)Cc1ccc(N2CCCC2=O)cc1)c1ccc(OC)c(OC)c1. The maximum Gasteiger partial charge on any atom is 0.307 e. The van der Waals surface area contributed by atoms with E-state index >= 15 is 0 Å². The Hall–Kier alpha value is -3.55. The summed E-state index contributed by atoms with van der Waals surface area (Å²) in [7, 11) is 4.37. The summed E-state index contributed by atoms with van der Waals surface area (Å²) in [5.41, 5.74) is 2.34. The second-order valence-electron chi connectivity index (χ2n) is 7.51. The van der Waals surface area contributed by atoms with Crippen molar-refractivity contribution < 1.29 is 28.6 Å². The van der Waals surface area contributed by atoms with E-state index in [2.05, 4.69) is 5.32 Å². The van der Waals surface area contributed by atoms with Crippen molar-refractivity contribution in [2.45, 2.75) is 31.7 Å². The van der Waals surface area contributed by atoms with Gasteiger partial charge in [0.25, 0.3) is 0 Å². The van der Waals surface area contributed by atoms with Crippen LogP contribution in [-0.4, -0.2) is 45.7 Å². The van der Waals surface area contributed by atoms with Crippen LogP contribution < -0.4 is 19.7 Å². The molecule has 0 saturated carbocycles. The summed E-state index contributed by atoms with van der Waals surface area (Å²) < 4.78 is 15.4. The number of anilines is 1. The number of nitrogens with one attached hydrogen (secondary N) is 1. The third-order valence-electron chi connectivity index (χ3n) is 5.43. The highest BCUT2D eigenvalue weighted by molar-refractivity contribution is 5.95. The molecule has 1 aliphatic rings. The molecule has 0 spiro atoms. The first-order valence-electron chi connectivity index (χ1n) is 10.4. The molecule has 1 saturated heterocycles. The lowest BCUT2D eigenvalue weighted by Gasteiger charge is -2.20. The summed E-state index contributed by atoms with van der Waals surface area (Å²) in [6.45, 7) is 0.721. The van der Waals surface area contributed by atoms with Crippen molar-refractivity contribution in [2.75, 3.05) is 32.8 Å². The van der Waals surface area contributed by atoms with Gasteiger partial charge in [-0.25, -0.2) is 0 Å². The van der Waals surface area contributed by atoms with E-state index in [0.29, 0.717) is 23.5 Å². The van der Waals surface area contributed by atoms with Crippen molar-refractivity contribution in [2.24, 2.45) is 0 Å². The highest BCUT2D eigenvalue weighted by Crippen LogP contribution is 2.31. The Labute approximate surface area is 187 Å². The standard InChI is InChI=1S/C24H28N2O6/c1-30-20-11-8-17(14-21(20)31-2)19(15-24(29)32-3)25-22(27)13-16-6-9-18(10-7-16)26-12-4-5-23(26)28/h6-11,14,19H,4-5,12-13,15H2,1-3H3,(H,25,27). The van der Waals surface area contributed by atoms with E-state index in [4.69, 9.17) is 14.2 Å². The van der Waals surface area contributed by atoms with Gasteiger partial charge < -0.3 is 24.4 Å². The Balaban J connectivity index is 1.71. The molecule has 170 valence electrons. The summed E-state index contributed by atoms with van der Waals surface area (Å²) in [6.07, 6.45) is 1.55. The molecule has 0 radical (unpaired) electrons. The van der Waals surface area contributed by atoms with Gasteiger partial charge in [0.1, 0.15) is 0 Å². The van der Waals surface area contributed by atoms with Gasteiger partial charge >= 0.3 is 5.97 Å². The molecule has 8 nitrogen and oxygen atoms in total. The lowest BCUT2D eigenvalue weighted by atomic mass is 10.0. The van der Waals surface area contributed by atoms with Crippen molar-refractivity contribution in [3.8, 4) is 11.5 Å². The molecule has 1 unspecified atom stereocenters. The largest absolute Gasteiger partial charge is 0.493 e. The highest BCUT2D eigenvalue weighted by atomic mass is 16.5. The number of ether oxygens (including phenoxy) is 3. The number of rotatable bonds is 9. The molecule has 0 aromatic heterocycles. The minimum atomic E-state index is -0.587. The molecule has 32 heavy (non-hydrogen) atoms. The third kappa shape index (κ3) is 5.57. The number of hydrogen-bond donors (Lipinski definition) is 1. The third-order valence-corrected chi connectivity index (χ3v) is 5.43. The molecule has 1 atom stereocenters. The number of carbonyl (C=O) groups excluding carboxylic acids is 3. The number of methoxy groups -OCH3 is 3. The number of amides is 2. The van der Waals surface area contributed by atoms with Crippen LogP contribution in [0, 0.1) is 0 Å². The summed E-state index contributed by atoms with van der Waals surface area (Å²) >= 11 is 0. The van der Waals surface area contributed by atoms with Crippen molar-refractivity contribution in [1.82, 2.24) is 5.32 Å². The van der Waals surface area contributed by atoms with Gasteiger partial charge in [0.2, 0.25) is 11.8 Å².